The molecule has 3 heterocycles. The number of aromatic nitrogens is 1. The topological polar surface area (TPSA) is 37.4 Å². The largest absolute Gasteiger partial charge is 0.472 e. The molecule has 0 radical (unpaired) electrons. The van der Waals surface area contributed by atoms with Gasteiger partial charge in [-0.2, -0.15) is 0 Å². The van der Waals surface area contributed by atoms with Crippen molar-refractivity contribution < 1.29 is 13.5 Å². The first-order chi connectivity index (χ1) is 10.7. The van der Waals surface area contributed by atoms with Gasteiger partial charge >= 0.3 is 0 Å². The lowest BCUT2D eigenvalue weighted by Crippen LogP contribution is -2.45. The first kappa shape index (κ1) is 15.6. The summed E-state index contributed by atoms with van der Waals surface area (Å²) in [7, 11) is 0. The van der Waals surface area contributed by atoms with E-state index in [1.807, 2.05) is 6.07 Å². The Labute approximate surface area is 129 Å². The molecule has 2 aliphatic rings. The number of pyridine rings is 1. The monoisotopic (exact) mass is 311 g/mol. The lowest BCUT2D eigenvalue weighted by molar-refractivity contribution is 0.0795. The van der Waals surface area contributed by atoms with Crippen LogP contribution in [0, 0.1) is 0 Å². The second-order valence-electron chi connectivity index (χ2n) is 6.14. The Morgan fingerprint density at radius 3 is 3.14 bits per heavy atom. The van der Waals surface area contributed by atoms with Gasteiger partial charge in [-0.3, -0.25) is 0 Å². The summed E-state index contributed by atoms with van der Waals surface area (Å²) in [6.07, 6.45) is 4.17. The van der Waals surface area contributed by atoms with Crippen molar-refractivity contribution in [2.75, 3.05) is 19.7 Å². The van der Waals surface area contributed by atoms with Crippen LogP contribution >= 0.6 is 0 Å². The van der Waals surface area contributed by atoms with Crippen molar-refractivity contribution >= 4 is 0 Å². The standard InChI is InChI=1S/C16H23F2N3O/c17-15(18)11-22-16-8-12(3-5-19-16)10-20-13-4-7-21-6-1-2-14(21)9-13/h3,5,8,13-15,20H,1-2,4,6-7,9-11H2/t13-,14-/m1/s1. The molecule has 0 aliphatic carbocycles. The van der Waals surface area contributed by atoms with Gasteiger partial charge in [0.1, 0.15) is 0 Å². The fourth-order valence-corrected chi connectivity index (χ4v) is 3.46. The highest BCUT2D eigenvalue weighted by molar-refractivity contribution is 5.20. The molecular formula is C16H23F2N3O. The number of alkyl halides is 2. The number of fused-ring (bicyclic) bond motifs is 1. The van der Waals surface area contributed by atoms with Crippen LogP contribution in [0.25, 0.3) is 0 Å². The predicted octanol–water partition coefficient (Wildman–Crippen LogP) is 2.44. The van der Waals surface area contributed by atoms with Crippen LogP contribution in [0.1, 0.15) is 31.2 Å². The summed E-state index contributed by atoms with van der Waals surface area (Å²) in [5, 5.41) is 3.58. The summed E-state index contributed by atoms with van der Waals surface area (Å²) in [6, 6.07) is 4.92. The van der Waals surface area contributed by atoms with Crippen LogP contribution in [-0.4, -0.2) is 48.1 Å². The van der Waals surface area contributed by atoms with Gasteiger partial charge in [-0.05, 0) is 50.4 Å². The molecular weight excluding hydrogens is 288 g/mol. The van der Waals surface area contributed by atoms with E-state index in [2.05, 4.69) is 15.2 Å². The van der Waals surface area contributed by atoms with E-state index >= 15 is 0 Å². The molecule has 22 heavy (non-hydrogen) atoms. The Morgan fingerprint density at radius 1 is 1.36 bits per heavy atom. The van der Waals surface area contributed by atoms with Gasteiger partial charge in [0.15, 0.2) is 6.61 Å². The third kappa shape index (κ3) is 4.14. The summed E-state index contributed by atoms with van der Waals surface area (Å²) in [5.74, 6) is 0.269. The number of nitrogens with one attached hydrogen (secondary N) is 1. The molecule has 4 nitrogen and oxygen atoms in total. The Bertz CT molecular complexity index is 486. The highest BCUT2D eigenvalue weighted by Crippen LogP contribution is 2.27. The van der Waals surface area contributed by atoms with E-state index in [-0.39, 0.29) is 5.88 Å². The lowest BCUT2D eigenvalue weighted by atomic mass is 9.97. The Hall–Kier alpha value is -1.27. The van der Waals surface area contributed by atoms with Crippen molar-refractivity contribution in [2.24, 2.45) is 0 Å². The van der Waals surface area contributed by atoms with Gasteiger partial charge in [0.25, 0.3) is 6.43 Å². The smallest absolute Gasteiger partial charge is 0.272 e. The van der Waals surface area contributed by atoms with Crippen LogP contribution in [0.4, 0.5) is 8.78 Å². The minimum atomic E-state index is -2.47. The molecule has 0 unspecified atom stereocenters. The van der Waals surface area contributed by atoms with Gasteiger partial charge < -0.3 is 15.0 Å². The first-order valence-corrected chi connectivity index (χ1v) is 8.04. The fraction of sp³-hybridized carbons (Fsp3) is 0.688. The van der Waals surface area contributed by atoms with Crippen molar-refractivity contribution in [1.82, 2.24) is 15.2 Å². The minimum Gasteiger partial charge on any atom is -0.472 e. The molecule has 2 aliphatic heterocycles. The van der Waals surface area contributed by atoms with E-state index in [1.54, 1.807) is 12.3 Å². The van der Waals surface area contributed by atoms with Crippen molar-refractivity contribution in [3.8, 4) is 5.88 Å². The van der Waals surface area contributed by atoms with Crippen molar-refractivity contribution in [3.05, 3.63) is 23.9 Å². The van der Waals surface area contributed by atoms with Crippen LogP contribution < -0.4 is 10.1 Å². The Balaban J connectivity index is 1.47. The number of halogens is 2. The zero-order valence-electron chi connectivity index (χ0n) is 12.7. The highest BCUT2D eigenvalue weighted by atomic mass is 19.3. The second kappa shape index (κ2) is 7.33. The number of piperidine rings is 1. The van der Waals surface area contributed by atoms with Crippen LogP contribution in [0.15, 0.2) is 18.3 Å². The molecule has 1 aromatic heterocycles. The van der Waals surface area contributed by atoms with Gasteiger partial charge in [0, 0.05) is 30.9 Å². The average Bonchev–Trinajstić information content (AvgIpc) is 2.99. The lowest BCUT2D eigenvalue weighted by Gasteiger charge is -2.35. The van der Waals surface area contributed by atoms with Crippen LogP contribution in [0.2, 0.25) is 0 Å². The average molecular weight is 311 g/mol. The van der Waals surface area contributed by atoms with Gasteiger partial charge in [-0.15, -0.1) is 0 Å². The van der Waals surface area contributed by atoms with Gasteiger partial charge in [-0.1, -0.05) is 0 Å². The maximum absolute atomic E-state index is 12.1. The van der Waals surface area contributed by atoms with Crippen LogP contribution in [-0.2, 0) is 6.54 Å². The molecule has 122 valence electrons. The number of hydrogen-bond donors (Lipinski definition) is 1. The van der Waals surface area contributed by atoms with Crippen LogP contribution in [0.5, 0.6) is 5.88 Å². The summed E-state index contributed by atoms with van der Waals surface area (Å²) in [6.45, 7) is 2.56. The maximum atomic E-state index is 12.1. The molecule has 0 spiro atoms. The number of rotatable bonds is 6. The first-order valence-electron chi connectivity index (χ1n) is 8.04. The molecule has 1 aromatic rings. The van der Waals surface area contributed by atoms with Crippen molar-refractivity contribution in [2.45, 2.75) is 50.7 Å². The third-order valence-corrected chi connectivity index (χ3v) is 4.57. The minimum absolute atomic E-state index is 0.269. The van der Waals surface area contributed by atoms with Crippen LogP contribution in [0.3, 0.4) is 0 Å². The zero-order valence-corrected chi connectivity index (χ0v) is 12.7. The SMILES string of the molecule is FC(F)COc1cc(CN[C@@H]2CCN3CCC[C@@H]3C2)ccn1. The van der Waals surface area contributed by atoms with Gasteiger partial charge in [-0.25, -0.2) is 13.8 Å². The number of ether oxygens (including phenoxy) is 1. The van der Waals surface area contributed by atoms with Crippen molar-refractivity contribution in [3.63, 3.8) is 0 Å². The van der Waals surface area contributed by atoms with E-state index < -0.39 is 13.0 Å². The van der Waals surface area contributed by atoms with E-state index in [4.69, 9.17) is 4.74 Å². The summed E-state index contributed by atoms with van der Waals surface area (Å²) in [4.78, 5) is 6.56. The number of hydrogen-bond acceptors (Lipinski definition) is 4. The molecule has 0 aromatic carbocycles. The van der Waals surface area contributed by atoms with Gasteiger partial charge in [0.05, 0.1) is 0 Å². The van der Waals surface area contributed by atoms with E-state index in [9.17, 15) is 8.78 Å². The Morgan fingerprint density at radius 2 is 2.27 bits per heavy atom. The fourth-order valence-electron chi connectivity index (χ4n) is 3.46. The third-order valence-electron chi connectivity index (χ3n) is 4.57. The van der Waals surface area contributed by atoms with E-state index in [0.29, 0.717) is 6.04 Å². The summed E-state index contributed by atoms with van der Waals surface area (Å²) in [5.41, 5.74) is 1.02. The zero-order chi connectivity index (χ0) is 15.4. The van der Waals surface area contributed by atoms with E-state index in [1.165, 1.54) is 38.8 Å². The molecule has 2 atom stereocenters. The molecule has 2 fully saturated rings. The van der Waals surface area contributed by atoms with Crippen molar-refractivity contribution in [1.29, 1.82) is 0 Å². The van der Waals surface area contributed by atoms with Gasteiger partial charge in [0.2, 0.25) is 5.88 Å². The quantitative estimate of drug-likeness (QED) is 0.875. The molecule has 3 rings (SSSR count). The Kier molecular flexibility index (Phi) is 5.20. The second-order valence-corrected chi connectivity index (χ2v) is 6.14. The highest BCUT2D eigenvalue weighted by Gasteiger charge is 2.31. The molecule has 0 amide bonds. The molecule has 6 heteroatoms. The normalized spacial score (nSPS) is 25.4. The molecule has 0 bridgehead atoms. The predicted molar refractivity (Wildman–Crippen MR) is 80.2 cm³/mol. The molecule has 1 N–H and O–H groups in total. The van der Waals surface area contributed by atoms with E-state index in [0.717, 1.165) is 18.2 Å². The summed E-state index contributed by atoms with van der Waals surface area (Å²) >= 11 is 0. The maximum Gasteiger partial charge on any atom is 0.272 e. The molecule has 2 saturated heterocycles. The number of nitrogens with zero attached hydrogens (tertiary/aromatic N) is 2. The summed E-state index contributed by atoms with van der Waals surface area (Å²) < 4.78 is 29.3. The molecule has 0 saturated carbocycles.